The molecule has 0 aromatic heterocycles. The predicted molar refractivity (Wildman–Crippen MR) is 47.5 cm³/mol. The Labute approximate surface area is 75.0 Å². The molecule has 1 aliphatic heterocycles. The number of rotatable bonds is 2. The van der Waals surface area contributed by atoms with Crippen LogP contribution in [0.5, 0.6) is 0 Å². The van der Waals surface area contributed by atoms with Gasteiger partial charge in [-0.2, -0.15) is 0 Å². The Morgan fingerprint density at radius 1 is 1.42 bits per heavy atom. The molecule has 3 nitrogen and oxygen atoms in total. The average Bonchev–Trinajstić information content (AvgIpc) is 2.05. The van der Waals surface area contributed by atoms with Gasteiger partial charge >= 0.3 is 0 Å². The van der Waals surface area contributed by atoms with Crippen LogP contribution in [0.1, 0.15) is 26.2 Å². The molecule has 3 heteroatoms. The summed E-state index contributed by atoms with van der Waals surface area (Å²) in [6.45, 7) is 3.24. The largest absolute Gasteiger partial charge is 0.870 e. The molecule has 74 valence electrons. The lowest BCUT2D eigenvalue weighted by molar-refractivity contribution is -0.913. The summed E-state index contributed by atoms with van der Waals surface area (Å²) in [5.41, 5.74) is 0. The van der Waals surface area contributed by atoms with Crippen LogP contribution in [0.3, 0.4) is 0 Å². The van der Waals surface area contributed by atoms with Gasteiger partial charge in [0.15, 0.2) is 6.23 Å². The third-order valence-corrected chi connectivity index (χ3v) is 2.61. The Balaban J connectivity index is 0.00000121. The van der Waals surface area contributed by atoms with Gasteiger partial charge in [0.05, 0.1) is 20.7 Å². The highest BCUT2D eigenvalue weighted by atomic mass is 16.5. The summed E-state index contributed by atoms with van der Waals surface area (Å²) < 4.78 is 5.63. The Morgan fingerprint density at radius 3 is 2.58 bits per heavy atom. The van der Waals surface area contributed by atoms with Crippen molar-refractivity contribution in [2.45, 2.75) is 32.4 Å². The molecule has 1 saturated heterocycles. The van der Waals surface area contributed by atoms with Gasteiger partial charge in [0, 0.05) is 6.42 Å². The average molecular weight is 175 g/mol. The summed E-state index contributed by atoms with van der Waals surface area (Å²) in [6, 6.07) is 0. The van der Waals surface area contributed by atoms with Crippen molar-refractivity contribution in [3.8, 4) is 0 Å². The third kappa shape index (κ3) is 3.09. The lowest BCUT2D eigenvalue weighted by Crippen LogP contribution is -3.10. The van der Waals surface area contributed by atoms with Crippen molar-refractivity contribution in [1.82, 2.24) is 0 Å². The van der Waals surface area contributed by atoms with Crippen LogP contribution in [0.15, 0.2) is 0 Å². The normalized spacial score (nSPS) is 30.0. The van der Waals surface area contributed by atoms with Gasteiger partial charge in [-0.3, -0.25) is 0 Å². The minimum atomic E-state index is 0. The monoisotopic (exact) mass is 175 g/mol. The number of ether oxygens (including phenoxy) is 1. The summed E-state index contributed by atoms with van der Waals surface area (Å²) >= 11 is 0. The highest BCUT2D eigenvalue weighted by Gasteiger charge is 2.25. The Hall–Kier alpha value is -0.120. The van der Waals surface area contributed by atoms with E-state index < -0.39 is 0 Å². The van der Waals surface area contributed by atoms with Crippen LogP contribution in [0.4, 0.5) is 0 Å². The van der Waals surface area contributed by atoms with Gasteiger partial charge in [-0.25, -0.2) is 0 Å². The molecule has 0 aliphatic carbocycles. The smallest absolute Gasteiger partial charge is 0.191 e. The molecule has 1 fully saturated rings. The van der Waals surface area contributed by atoms with E-state index in [1.165, 1.54) is 24.2 Å². The number of quaternary nitrogens is 1. The van der Waals surface area contributed by atoms with Gasteiger partial charge in [0.1, 0.15) is 0 Å². The van der Waals surface area contributed by atoms with Gasteiger partial charge in [-0.15, -0.1) is 0 Å². The maximum Gasteiger partial charge on any atom is 0.191 e. The summed E-state index contributed by atoms with van der Waals surface area (Å²) in [4.78, 5) is 1.43. The molecule has 2 unspecified atom stereocenters. The number of hydrogen-bond acceptors (Lipinski definition) is 2. The van der Waals surface area contributed by atoms with Crippen molar-refractivity contribution in [1.29, 1.82) is 0 Å². The molecule has 2 atom stereocenters. The first-order valence-corrected chi connectivity index (χ1v) is 4.65. The van der Waals surface area contributed by atoms with E-state index in [0.29, 0.717) is 6.23 Å². The predicted octanol–water partition coefficient (Wildman–Crippen LogP) is 0.117. The summed E-state index contributed by atoms with van der Waals surface area (Å²) in [5.74, 6) is 0.906. The number of hydrogen-bond donors (Lipinski definition) is 1. The SMILES string of the molecule is CCC1CCOC([NH+](C)C)C1.[OH-]. The minimum Gasteiger partial charge on any atom is -0.870 e. The molecule has 1 aliphatic rings. The van der Waals surface area contributed by atoms with E-state index in [4.69, 9.17) is 4.74 Å². The van der Waals surface area contributed by atoms with Gasteiger partial charge in [0.2, 0.25) is 0 Å². The first-order chi connectivity index (χ1) is 5.24. The molecule has 0 aromatic carbocycles. The Bertz CT molecular complexity index is 117. The second-order valence-electron chi connectivity index (χ2n) is 3.74. The molecule has 0 spiro atoms. The van der Waals surface area contributed by atoms with Crippen LogP contribution < -0.4 is 4.90 Å². The maximum absolute atomic E-state index is 5.63. The van der Waals surface area contributed by atoms with Crippen molar-refractivity contribution >= 4 is 0 Å². The van der Waals surface area contributed by atoms with Gasteiger partial charge in [-0.1, -0.05) is 13.3 Å². The lowest BCUT2D eigenvalue weighted by atomic mass is 9.96. The van der Waals surface area contributed by atoms with Gasteiger partial charge in [-0.05, 0) is 12.3 Å². The quantitative estimate of drug-likeness (QED) is 0.647. The topological polar surface area (TPSA) is 43.7 Å². The molecular weight excluding hydrogens is 154 g/mol. The van der Waals surface area contributed by atoms with Crippen LogP contribution in [0.2, 0.25) is 0 Å². The fourth-order valence-corrected chi connectivity index (χ4v) is 1.64. The minimum absolute atomic E-state index is 0. The first-order valence-electron chi connectivity index (χ1n) is 4.65. The molecule has 2 N–H and O–H groups in total. The van der Waals surface area contributed by atoms with Crippen molar-refractivity contribution in [3.63, 3.8) is 0 Å². The second kappa shape index (κ2) is 5.51. The summed E-state index contributed by atoms with van der Waals surface area (Å²) in [7, 11) is 4.34. The fraction of sp³-hybridized carbons (Fsp3) is 1.00. The van der Waals surface area contributed by atoms with E-state index in [0.717, 1.165) is 12.5 Å². The standard InChI is InChI=1S/C9H19NO.H2O/c1-4-8-5-6-11-9(7-8)10(2)3;/h8-9H,4-7H2,1-3H3;1H2. The van der Waals surface area contributed by atoms with Crippen molar-refractivity contribution in [2.24, 2.45) is 5.92 Å². The first kappa shape index (κ1) is 11.9. The van der Waals surface area contributed by atoms with E-state index in [1.807, 2.05) is 0 Å². The van der Waals surface area contributed by atoms with E-state index >= 15 is 0 Å². The summed E-state index contributed by atoms with van der Waals surface area (Å²) in [5, 5.41) is 0. The molecular formula is C9H21NO2. The summed E-state index contributed by atoms with van der Waals surface area (Å²) in [6.07, 6.45) is 4.28. The third-order valence-electron chi connectivity index (χ3n) is 2.61. The Kier molecular flexibility index (Phi) is 5.46. The van der Waals surface area contributed by atoms with E-state index in [2.05, 4.69) is 21.0 Å². The second-order valence-corrected chi connectivity index (χ2v) is 3.74. The molecule has 1 rings (SSSR count). The highest BCUT2D eigenvalue weighted by Crippen LogP contribution is 2.19. The van der Waals surface area contributed by atoms with E-state index in [-0.39, 0.29) is 5.48 Å². The zero-order valence-electron chi connectivity index (χ0n) is 8.34. The molecule has 12 heavy (non-hydrogen) atoms. The van der Waals surface area contributed by atoms with Crippen LogP contribution >= 0.6 is 0 Å². The lowest BCUT2D eigenvalue weighted by Gasteiger charge is -2.30. The molecule has 0 amide bonds. The molecule has 0 radical (unpaired) electrons. The van der Waals surface area contributed by atoms with Crippen LogP contribution in [-0.2, 0) is 4.74 Å². The van der Waals surface area contributed by atoms with Crippen molar-refractivity contribution < 1.29 is 15.1 Å². The fourth-order valence-electron chi connectivity index (χ4n) is 1.64. The van der Waals surface area contributed by atoms with Crippen molar-refractivity contribution in [3.05, 3.63) is 0 Å². The molecule has 0 bridgehead atoms. The van der Waals surface area contributed by atoms with Crippen LogP contribution in [0.25, 0.3) is 0 Å². The van der Waals surface area contributed by atoms with Crippen LogP contribution in [-0.4, -0.2) is 32.4 Å². The van der Waals surface area contributed by atoms with E-state index in [1.54, 1.807) is 0 Å². The highest BCUT2D eigenvalue weighted by molar-refractivity contribution is 4.63. The zero-order chi connectivity index (χ0) is 8.27. The molecule has 0 aromatic rings. The Morgan fingerprint density at radius 2 is 2.08 bits per heavy atom. The molecule has 1 heterocycles. The van der Waals surface area contributed by atoms with Crippen molar-refractivity contribution in [2.75, 3.05) is 20.7 Å². The van der Waals surface area contributed by atoms with Gasteiger partial charge in [0.25, 0.3) is 0 Å². The number of nitrogens with one attached hydrogen (secondary N) is 1. The molecule has 0 saturated carbocycles. The van der Waals surface area contributed by atoms with E-state index in [9.17, 15) is 0 Å². The maximum atomic E-state index is 5.63. The van der Waals surface area contributed by atoms with Crippen LogP contribution in [0, 0.1) is 5.92 Å². The van der Waals surface area contributed by atoms with Gasteiger partial charge < -0.3 is 15.1 Å². The zero-order valence-corrected chi connectivity index (χ0v) is 8.34.